The van der Waals surface area contributed by atoms with E-state index in [9.17, 15) is 13.5 Å². The minimum absolute atomic E-state index is 0.195. The second-order valence-electron chi connectivity index (χ2n) is 5.37. The molecular weight excluding hydrogens is 240 g/mol. The maximum Gasteiger partial charge on any atom is 0.208 e. The molecule has 1 saturated heterocycles. The van der Waals surface area contributed by atoms with Gasteiger partial charge in [0.15, 0.2) is 0 Å². The third kappa shape index (κ3) is 5.33. The molecule has 2 N–H and O–H groups in total. The molecule has 0 amide bonds. The van der Waals surface area contributed by atoms with Crippen molar-refractivity contribution in [1.29, 1.82) is 0 Å². The monoisotopic (exact) mass is 264 g/mol. The quantitative estimate of drug-likeness (QED) is 0.671. The van der Waals surface area contributed by atoms with Gasteiger partial charge >= 0.3 is 0 Å². The zero-order valence-electron chi connectivity index (χ0n) is 10.9. The van der Waals surface area contributed by atoms with Gasteiger partial charge in [0.05, 0.1) is 11.9 Å². The first-order valence-corrected chi connectivity index (χ1v) is 8.00. The average Bonchev–Trinajstić information content (AvgIpc) is 2.58. The van der Waals surface area contributed by atoms with Gasteiger partial charge in [0.2, 0.25) is 10.0 Å². The van der Waals surface area contributed by atoms with Crippen molar-refractivity contribution in [2.45, 2.75) is 44.8 Å². The Kier molecular flexibility index (Phi) is 4.95. The van der Waals surface area contributed by atoms with Crippen molar-refractivity contribution >= 4 is 10.0 Å². The lowest BCUT2D eigenvalue weighted by Gasteiger charge is -2.33. The van der Waals surface area contributed by atoms with Crippen LogP contribution in [0.5, 0.6) is 0 Å². The number of rotatable bonds is 6. The van der Waals surface area contributed by atoms with Crippen LogP contribution in [0.4, 0.5) is 0 Å². The van der Waals surface area contributed by atoms with Crippen molar-refractivity contribution in [2.24, 2.45) is 0 Å². The van der Waals surface area contributed by atoms with Crippen LogP contribution in [0, 0.1) is 0 Å². The highest BCUT2D eigenvalue weighted by atomic mass is 32.2. The van der Waals surface area contributed by atoms with Crippen LogP contribution >= 0.6 is 0 Å². The van der Waals surface area contributed by atoms with Crippen LogP contribution in [0.3, 0.4) is 0 Å². The molecule has 1 atom stereocenters. The van der Waals surface area contributed by atoms with Crippen molar-refractivity contribution in [3.8, 4) is 0 Å². The molecule has 0 spiro atoms. The fourth-order valence-electron chi connectivity index (χ4n) is 2.43. The Morgan fingerprint density at radius 1 is 1.47 bits per heavy atom. The molecule has 0 bridgehead atoms. The van der Waals surface area contributed by atoms with Gasteiger partial charge in [0.25, 0.3) is 0 Å². The van der Waals surface area contributed by atoms with Crippen molar-refractivity contribution in [1.82, 2.24) is 9.62 Å². The van der Waals surface area contributed by atoms with Gasteiger partial charge in [-0.1, -0.05) is 0 Å². The molecule has 0 aliphatic carbocycles. The molecule has 1 rings (SSSR count). The molecular formula is C11H24N2O3S. The minimum atomic E-state index is -3.08. The second-order valence-corrected chi connectivity index (χ2v) is 7.20. The van der Waals surface area contributed by atoms with Crippen LogP contribution in [-0.4, -0.2) is 56.0 Å². The lowest BCUT2D eigenvalue weighted by molar-refractivity contribution is -0.00248. The predicted octanol–water partition coefficient (Wildman–Crippen LogP) is 0.161. The first kappa shape index (κ1) is 14.9. The molecule has 1 aliphatic rings. The highest BCUT2D eigenvalue weighted by molar-refractivity contribution is 7.88. The predicted molar refractivity (Wildman–Crippen MR) is 68.4 cm³/mol. The molecule has 0 radical (unpaired) electrons. The number of nitrogens with zero attached hydrogens (tertiary/aromatic N) is 1. The van der Waals surface area contributed by atoms with Crippen LogP contribution in [0.25, 0.3) is 0 Å². The van der Waals surface area contributed by atoms with E-state index in [1.807, 2.05) is 13.8 Å². The molecule has 0 aromatic heterocycles. The molecule has 17 heavy (non-hydrogen) atoms. The fraction of sp³-hybridized carbons (Fsp3) is 1.00. The molecule has 5 nitrogen and oxygen atoms in total. The number of aliphatic hydroxyl groups is 1. The van der Waals surface area contributed by atoms with Gasteiger partial charge in [0.1, 0.15) is 0 Å². The highest BCUT2D eigenvalue weighted by Crippen LogP contribution is 2.26. The topological polar surface area (TPSA) is 69.6 Å². The first-order chi connectivity index (χ1) is 7.70. The summed E-state index contributed by atoms with van der Waals surface area (Å²) in [6, 6.07) is 0.195. The van der Waals surface area contributed by atoms with E-state index in [0.717, 1.165) is 32.4 Å². The third-order valence-corrected chi connectivity index (χ3v) is 3.89. The van der Waals surface area contributed by atoms with Crippen molar-refractivity contribution in [3.05, 3.63) is 0 Å². The molecule has 0 aromatic rings. The van der Waals surface area contributed by atoms with Gasteiger partial charge in [0, 0.05) is 12.6 Å². The maximum atomic E-state index is 10.9. The first-order valence-electron chi connectivity index (χ1n) is 6.11. The smallest absolute Gasteiger partial charge is 0.208 e. The standard InChI is InChI=1S/C11H24N2O3S/c1-11(2,14)10-6-4-8-13(10)9-5-7-12-17(3,15)16/h10,12,14H,4-9H2,1-3H3. The second kappa shape index (κ2) is 5.65. The van der Waals surface area contributed by atoms with Gasteiger partial charge in [-0.15, -0.1) is 0 Å². The number of hydrogen-bond donors (Lipinski definition) is 2. The summed E-state index contributed by atoms with van der Waals surface area (Å²) in [6.45, 7) is 5.97. The Balaban J connectivity index is 2.32. The Labute approximate surface area is 104 Å². The van der Waals surface area contributed by atoms with E-state index >= 15 is 0 Å². The van der Waals surface area contributed by atoms with E-state index in [4.69, 9.17) is 0 Å². The lowest BCUT2D eigenvalue weighted by atomic mass is 9.96. The van der Waals surface area contributed by atoms with Crippen LogP contribution < -0.4 is 4.72 Å². The molecule has 1 heterocycles. The van der Waals surface area contributed by atoms with E-state index in [1.165, 1.54) is 6.26 Å². The lowest BCUT2D eigenvalue weighted by Crippen LogP contribution is -2.46. The normalized spacial score (nSPS) is 23.2. The van der Waals surface area contributed by atoms with Crippen LogP contribution in [0.1, 0.15) is 33.1 Å². The van der Waals surface area contributed by atoms with Gasteiger partial charge < -0.3 is 5.11 Å². The Hall–Kier alpha value is -0.170. The SMILES string of the molecule is CC(C)(O)C1CCCN1CCCNS(C)(=O)=O. The molecule has 0 saturated carbocycles. The Morgan fingerprint density at radius 2 is 2.12 bits per heavy atom. The van der Waals surface area contributed by atoms with Gasteiger partial charge in [-0.25, -0.2) is 13.1 Å². The van der Waals surface area contributed by atoms with E-state index < -0.39 is 15.6 Å². The number of nitrogens with one attached hydrogen (secondary N) is 1. The highest BCUT2D eigenvalue weighted by Gasteiger charge is 2.35. The summed E-state index contributed by atoms with van der Waals surface area (Å²) < 4.78 is 24.3. The average molecular weight is 264 g/mol. The summed E-state index contributed by atoms with van der Waals surface area (Å²) in [5.41, 5.74) is -0.680. The molecule has 1 fully saturated rings. The van der Waals surface area contributed by atoms with E-state index in [0.29, 0.717) is 6.54 Å². The molecule has 1 aliphatic heterocycles. The minimum Gasteiger partial charge on any atom is -0.389 e. The number of hydrogen-bond acceptors (Lipinski definition) is 4. The molecule has 102 valence electrons. The summed E-state index contributed by atoms with van der Waals surface area (Å²) in [7, 11) is -3.08. The molecule has 6 heteroatoms. The van der Waals surface area contributed by atoms with E-state index in [1.54, 1.807) is 0 Å². The van der Waals surface area contributed by atoms with Crippen molar-refractivity contribution < 1.29 is 13.5 Å². The summed E-state index contributed by atoms with van der Waals surface area (Å²) in [5.74, 6) is 0. The Morgan fingerprint density at radius 3 is 2.65 bits per heavy atom. The van der Waals surface area contributed by atoms with Crippen LogP contribution in [0.2, 0.25) is 0 Å². The molecule has 1 unspecified atom stereocenters. The zero-order chi connectivity index (χ0) is 13.1. The largest absolute Gasteiger partial charge is 0.389 e. The third-order valence-electron chi connectivity index (χ3n) is 3.17. The molecule has 0 aromatic carbocycles. The van der Waals surface area contributed by atoms with Crippen molar-refractivity contribution in [3.63, 3.8) is 0 Å². The zero-order valence-corrected chi connectivity index (χ0v) is 11.8. The van der Waals surface area contributed by atoms with Crippen LogP contribution in [-0.2, 0) is 10.0 Å². The summed E-state index contributed by atoms with van der Waals surface area (Å²) in [5, 5.41) is 10.0. The van der Waals surface area contributed by atoms with E-state index in [-0.39, 0.29) is 6.04 Å². The summed E-state index contributed by atoms with van der Waals surface area (Å²) in [4.78, 5) is 2.25. The van der Waals surface area contributed by atoms with Crippen LogP contribution in [0.15, 0.2) is 0 Å². The van der Waals surface area contributed by atoms with Gasteiger partial charge in [-0.3, -0.25) is 4.90 Å². The Bertz CT molecular complexity index is 335. The maximum absolute atomic E-state index is 10.9. The van der Waals surface area contributed by atoms with Gasteiger partial charge in [-0.05, 0) is 46.2 Å². The van der Waals surface area contributed by atoms with Crippen molar-refractivity contribution in [2.75, 3.05) is 25.9 Å². The summed E-state index contributed by atoms with van der Waals surface area (Å²) in [6.07, 6.45) is 4.07. The van der Waals surface area contributed by atoms with E-state index in [2.05, 4.69) is 9.62 Å². The fourth-order valence-corrected chi connectivity index (χ4v) is 2.95. The summed E-state index contributed by atoms with van der Waals surface area (Å²) >= 11 is 0. The number of sulfonamides is 1. The number of likely N-dealkylation sites (tertiary alicyclic amines) is 1. The van der Waals surface area contributed by atoms with Gasteiger partial charge in [-0.2, -0.15) is 0 Å².